The van der Waals surface area contributed by atoms with Gasteiger partial charge in [0.05, 0.1) is 23.7 Å². The van der Waals surface area contributed by atoms with Crippen LogP contribution >= 0.6 is 0 Å². The molecule has 0 spiro atoms. The second-order valence-electron chi connectivity index (χ2n) is 9.50. The minimum Gasteiger partial charge on any atom is -0.352 e. The molecule has 0 radical (unpaired) electrons. The van der Waals surface area contributed by atoms with Gasteiger partial charge in [-0.25, -0.2) is 4.39 Å². The largest absolute Gasteiger partial charge is 0.352 e. The first-order valence-corrected chi connectivity index (χ1v) is 10.9. The smallest absolute Gasteiger partial charge is 0.273 e. The quantitative estimate of drug-likeness (QED) is 0.604. The van der Waals surface area contributed by atoms with Gasteiger partial charge < -0.3 is 10.6 Å². The van der Waals surface area contributed by atoms with Gasteiger partial charge in [-0.05, 0) is 36.5 Å². The lowest BCUT2D eigenvalue weighted by Crippen LogP contribution is -2.54. The summed E-state index contributed by atoms with van der Waals surface area (Å²) in [5, 5.41) is 19.9. The van der Waals surface area contributed by atoms with Crippen molar-refractivity contribution in [2.24, 2.45) is 5.41 Å². The number of nitrogens with one attached hydrogen (secondary N) is 2. The maximum absolute atomic E-state index is 14.5. The summed E-state index contributed by atoms with van der Waals surface area (Å²) in [6, 6.07) is 12.8. The molecule has 7 nitrogen and oxygen atoms in total. The monoisotopic (exact) mass is 447 g/mol. The Morgan fingerprint density at radius 2 is 1.97 bits per heavy atom. The van der Waals surface area contributed by atoms with Crippen LogP contribution in [0.1, 0.15) is 55.2 Å². The Labute approximate surface area is 191 Å². The molecule has 1 unspecified atom stereocenters. The molecule has 1 atom stereocenters. The van der Waals surface area contributed by atoms with E-state index in [1.54, 1.807) is 28.9 Å². The van der Waals surface area contributed by atoms with Crippen LogP contribution in [-0.2, 0) is 11.3 Å². The molecule has 4 rings (SSSR count). The van der Waals surface area contributed by atoms with Crippen LogP contribution in [0, 0.1) is 22.6 Å². The van der Waals surface area contributed by atoms with Crippen molar-refractivity contribution >= 4 is 22.7 Å². The fourth-order valence-electron chi connectivity index (χ4n) is 3.71. The molecule has 1 aliphatic carbocycles. The van der Waals surface area contributed by atoms with Crippen LogP contribution in [0.3, 0.4) is 0 Å². The summed E-state index contributed by atoms with van der Waals surface area (Å²) in [4.78, 5) is 26.1. The van der Waals surface area contributed by atoms with E-state index in [2.05, 4.69) is 15.7 Å². The maximum Gasteiger partial charge on any atom is 0.273 e. The Balaban J connectivity index is 1.64. The summed E-state index contributed by atoms with van der Waals surface area (Å²) >= 11 is 0. The molecule has 170 valence electrons. The first kappa shape index (κ1) is 22.5. The number of fused-ring (bicyclic) bond motifs is 1. The lowest BCUT2D eigenvalue weighted by molar-refractivity contribution is -0.125. The van der Waals surface area contributed by atoms with Gasteiger partial charge in [-0.3, -0.25) is 14.3 Å². The molecule has 1 saturated carbocycles. The number of nitrogens with zero attached hydrogens (tertiary/aromatic N) is 3. The van der Waals surface area contributed by atoms with Crippen molar-refractivity contribution in [1.82, 2.24) is 20.4 Å². The molecular weight excluding hydrogens is 421 g/mol. The summed E-state index contributed by atoms with van der Waals surface area (Å²) < 4.78 is 16.0. The van der Waals surface area contributed by atoms with Gasteiger partial charge in [0.25, 0.3) is 5.91 Å². The molecule has 0 bridgehead atoms. The van der Waals surface area contributed by atoms with Gasteiger partial charge in [-0.1, -0.05) is 45.0 Å². The van der Waals surface area contributed by atoms with Crippen LogP contribution in [-0.4, -0.2) is 33.7 Å². The van der Waals surface area contributed by atoms with E-state index in [0.717, 1.165) is 12.8 Å². The zero-order valence-electron chi connectivity index (χ0n) is 18.9. The summed E-state index contributed by atoms with van der Waals surface area (Å²) in [5.74, 6) is -1.18. The molecule has 1 aliphatic rings. The number of nitriles is 1. The van der Waals surface area contributed by atoms with Gasteiger partial charge in [0, 0.05) is 17.0 Å². The van der Waals surface area contributed by atoms with E-state index < -0.39 is 23.2 Å². The Hall–Kier alpha value is -3.73. The third-order valence-electron chi connectivity index (χ3n) is 5.70. The average Bonchev–Trinajstić information content (AvgIpc) is 3.51. The van der Waals surface area contributed by atoms with Gasteiger partial charge in [0.15, 0.2) is 5.69 Å². The number of carbonyl (C=O) groups is 2. The van der Waals surface area contributed by atoms with Crippen LogP contribution in [0.4, 0.5) is 4.39 Å². The van der Waals surface area contributed by atoms with Gasteiger partial charge in [0.1, 0.15) is 11.9 Å². The third kappa shape index (κ3) is 4.87. The molecule has 2 amide bonds. The van der Waals surface area contributed by atoms with E-state index in [-0.39, 0.29) is 29.8 Å². The van der Waals surface area contributed by atoms with Crippen molar-refractivity contribution in [2.45, 2.75) is 52.2 Å². The second kappa shape index (κ2) is 8.66. The van der Waals surface area contributed by atoms with Crippen molar-refractivity contribution < 1.29 is 14.0 Å². The highest BCUT2D eigenvalue weighted by atomic mass is 19.1. The Morgan fingerprint density at radius 3 is 2.61 bits per heavy atom. The summed E-state index contributed by atoms with van der Waals surface area (Å²) in [6.45, 7) is 5.79. The third-order valence-corrected chi connectivity index (χ3v) is 5.70. The molecule has 33 heavy (non-hydrogen) atoms. The van der Waals surface area contributed by atoms with E-state index in [1.807, 2.05) is 39.0 Å². The highest BCUT2D eigenvalue weighted by Crippen LogP contribution is 2.25. The average molecular weight is 448 g/mol. The number of carbonyl (C=O) groups excluding carboxylic acids is 2. The van der Waals surface area contributed by atoms with Crippen molar-refractivity contribution in [3.05, 3.63) is 65.1 Å². The zero-order chi connectivity index (χ0) is 23.8. The predicted octanol–water partition coefficient (Wildman–Crippen LogP) is 3.52. The number of amides is 2. The van der Waals surface area contributed by atoms with E-state index in [1.165, 1.54) is 6.07 Å². The van der Waals surface area contributed by atoms with Gasteiger partial charge in [0.2, 0.25) is 5.91 Å². The van der Waals surface area contributed by atoms with Crippen LogP contribution in [0.25, 0.3) is 10.9 Å². The lowest BCUT2D eigenvalue weighted by Gasteiger charge is -2.30. The van der Waals surface area contributed by atoms with Crippen LogP contribution in [0.2, 0.25) is 0 Å². The normalized spacial score (nSPS) is 14.5. The number of halogens is 1. The van der Waals surface area contributed by atoms with E-state index >= 15 is 0 Å². The Bertz CT molecular complexity index is 1260. The second-order valence-corrected chi connectivity index (χ2v) is 9.50. The Kier molecular flexibility index (Phi) is 5.90. The lowest BCUT2D eigenvalue weighted by atomic mass is 9.86. The van der Waals surface area contributed by atoms with E-state index in [4.69, 9.17) is 5.26 Å². The number of hydrogen-bond acceptors (Lipinski definition) is 4. The van der Waals surface area contributed by atoms with Crippen molar-refractivity contribution in [2.75, 3.05) is 0 Å². The molecular formula is C25H26FN5O2. The van der Waals surface area contributed by atoms with Crippen LogP contribution in [0.15, 0.2) is 42.5 Å². The highest BCUT2D eigenvalue weighted by molar-refractivity contribution is 6.06. The topological polar surface area (TPSA) is 99.8 Å². The van der Waals surface area contributed by atoms with Crippen molar-refractivity contribution in [1.29, 1.82) is 5.26 Å². The SMILES string of the molecule is CC(C)(C)C(NC(=O)c1nn(Cc2ccc(C#N)cc2F)c2ccccc12)C(=O)NC1CC1. The van der Waals surface area contributed by atoms with E-state index in [9.17, 15) is 14.0 Å². The number of benzene rings is 2. The Morgan fingerprint density at radius 1 is 1.24 bits per heavy atom. The standard InChI is InChI=1S/C25H26FN5O2/c1-25(2,3)22(24(33)28-17-10-11-17)29-23(32)21-18-6-4-5-7-20(18)31(30-21)14-16-9-8-15(13-27)12-19(16)26/h4-9,12,17,22H,10-11,14H2,1-3H3,(H,28,33)(H,29,32). The van der Waals surface area contributed by atoms with Crippen molar-refractivity contribution in [3.63, 3.8) is 0 Å². The number of hydrogen-bond donors (Lipinski definition) is 2. The van der Waals surface area contributed by atoms with Crippen LogP contribution < -0.4 is 10.6 Å². The fourth-order valence-corrected chi connectivity index (χ4v) is 3.71. The van der Waals surface area contributed by atoms with Crippen molar-refractivity contribution in [3.8, 4) is 6.07 Å². The first-order valence-electron chi connectivity index (χ1n) is 10.9. The number of aromatic nitrogens is 2. The maximum atomic E-state index is 14.5. The molecule has 0 aliphatic heterocycles. The van der Waals surface area contributed by atoms with Crippen LogP contribution in [0.5, 0.6) is 0 Å². The summed E-state index contributed by atoms with van der Waals surface area (Å²) in [6.07, 6.45) is 1.91. The van der Waals surface area contributed by atoms with E-state index in [0.29, 0.717) is 16.5 Å². The molecule has 2 N–H and O–H groups in total. The van der Waals surface area contributed by atoms with Gasteiger partial charge >= 0.3 is 0 Å². The molecule has 1 aromatic heterocycles. The molecule has 0 saturated heterocycles. The first-order chi connectivity index (χ1) is 15.7. The molecule has 8 heteroatoms. The summed E-state index contributed by atoms with van der Waals surface area (Å²) in [5.41, 5.74) is 0.928. The van der Waals surface area contributed by atoms with Gasteiger partial charge in [-0.2, -0.15) is 10.4 Å². The fraction of sp³-hybridized carbons (Fsp3) is 0.360. The summed E-state index contributed by atoms with van der Waals surface area (Å²) in [7, 11) is 0. The molecule has 1 fully saturated rings. The number of rotatable bonds is 6. The molecule has 3 aromatic rings. The minimum atomic E-state index is -0.731. The number of para-hydroxylation sites is 1. The molecule has 2 aromatic carbocycles. The molecule has 1 heterocycles. The van der Waals surface area contributed by atoms with Gasteiger partial charge in [-0.15, -0.1) is 0 Å². The predicted molar refractivity (Wildman–Crippen MR) is 122 cm³/mol. The highest BCUT2D eigenvalue weighted by Gasteiger charge is 2.36. The zero-order valence-corrected chi connectivity index (χ0v) is 18.9. The minimum absolute atomic E-state index is 0.0935.